The van der Waals surface area contributed by atoms with Gasteiger partial charge in [-0.05, 0) is 56.7 Å². The molecule has 0 spiro atoms. The number of aryl methyl sites for hydroxylation is 1. The molecule has 0 amide bonds. The van der Waals surface area contributed by atoms with Crippen molar-refractivity contribution in [1.82, 2.24) is 19.6 Å². The molecule has 1 unspecified atom stereocenters. The number of rotatable bonds is 10. The smallest absolute Gasteiger partial charge is 0.459 e. The molecule has 1 saturated heterocycles. The number of hydrogen-bond acceptors (Lipinski definition) is 9. The summed E-state index contributed by atoms with van der Waals surface area (Å²) >= 11 is 6.25. The van der Waals surface area contributed by atoms with E-state index in [0.29, 0.717) is 21.8 Å². The molecule has 2 aromatic heterocycles. The number of aliphatic carboxylic acids is 1. The standard InChI is InChI=1S/C25H27ClFN4O9P/c1-13-11-15(6-7-16(13)20-17(26)5-4-9-28-20)40-41(37,30-14(2)22(34)35)38-12-18-21(33)25(3,27)23(39-18)31-10-8-19(32)29-24(31)36/h4-11,14,18,21,23,33H,12H2,1-3H3,(H,30,37)(H,34,35)(H,29,32,36)/t14-,18+,21+,23+,25+,41?/m0/s1. The highest BCUT2D eigenvalue weighted by Crippen LogP contribution is 2.48. The highest BCUT2D eigenvalue weighted by Gasteiger charge is 2.55. The van der Waals surface area contributed by atoms with Crippen LogP contribution in [0.15, 0.2) is 58.4 Å². The van der Waals surface area contributed by atoms with Crippen molar-refractivity contribution in [2.45, 2.75) is 50.9 Å². The summed E-state index contributed by atoms with van der Waals surface area (Å²) in [5.74, 6) is -1.33. The maximum atomic E-state index is 15.5. The molecule has 3 aromatic rings. The van der Waals surface area contributed by atoms with E-state index in [0.717, 1.165) is 23.8 Å². The summed E-state index contributed by atoms with van der Waals surface area (Å²) in [7, 11) is -4.50. The lowest BCUT2D eigenvalue weighted by atomic mass is 9.98. The van der Waals surface area contributed by atoms with Crippen LogP contribution in [0, 0.1) is 6.92 Å². The van der Waals surface area contributed by atoms with Crippen LogP contribution in [0.2, 0.25) is 5.02 Å². The van der Waals surface area contributed by atoms with Gasteiger partial charge < -0.3 is 19.5 Å². The van der Waals surface area contributed by atoms with E-state index < -0.39 is 61.7 Å². The fourth-order valence-corrected chi connectivity index (χ4v) is 5.92. The van der Waals surface area contributed by atoms with Crippen LogP contribution in [-0.2, 0) is 18.6 Å². The number of carboxylic acid groups (broad SMARTS) is 1. The largest absolute Gasteiger partial charge is 0.480 e. The quantitative estimate of drug-likeness (QED) is 0.247. The number of H-pyrrole nitrogens is 1. The average Bonchev–Trinajstić information content (AvgIpc) is 3.11. The van der Waals surface area contributed by atoms with Gasteiger partial charge in [0.15, 0.2) is 11.9 Å². The number of aliphatic hydroxyl groups excluding tert-OH is 1. The zero-order chi connectivity index (χ0) is 30.1. The molecule has 6 atom stereocenters. The summed E-state index contributed by atoms with van der Waals surface area (Å²) in [5.41, 5.74) is -2.42. The van der Waals surface area contributed by atoms with Gasteiger partial charge in [0.2, 0.25) is 0 Å². The van der Waals surface area contributed by atoms with E-state index in [1.54, 1.807) is 31.3 Å². The second kappa shape index (κ2) is 11.8. The van der Waals surface area contributed by atoms with Gasteiger partial charge in [0.25, 0.3) is 5.56 Å². The number of nitrogens with one attached hydrogen (secondary N) is 2. The van der Waals surface area contributed by atoms with Crippen LogP contribution in [0.1, 0.15) is 25.6 Å². The van der Waals surface area contributed by atoms with Crippen molar-refractivity contribution in [3.63, 3.8) is 0 Å². The van der Waals surface area contributed by atoms with Gasteiger partial charge in [-0.15, -0.1) is 0 Å². The number of ether oxygens (including phenoxy) is 1. The molecule has 41 heavy (non-hydrogen) atoms. The first-order chi connectivity index (χ1) is 19.2. The molecule has 0 bridgehead atoms. The third-order valence-electron chi connectivity index (χ3n) is 6.39. The Hall–Kier alpha value is -3.39. The van der Waals surface area contributed by atoms with Gasteiger partial charge in [0.05, 0.1) is 17.3 Å². The molecule has 4 rings (SSSR count). The normalized spacial score (nSPS) is 24.5. The van der Waals surface area contributed by atoms with E-state index in [-0.39, 0.29) is 5.75 Å². The molecule has 13 nitrogen and oxygen atoms in total. The monoisotopic (exact) mass is 612 g/mol. The number of carboxylic acids is 1. The molecule has 0 radical (unpaired) electrons. The van der Waals surface area contributed by atoms with Crippen molar-refractivity contribution >= 4 is 25.3 Å². The summed E-state index contributed by atoms with van der Waals surface area (Å²) < 4.78 is 46.6. The molecule has 1 aromatic carbocycles. The number of aromatic nitrogens is 3. The SMILES string of the molecule is Cc1cc(OP(=O)(N[C@@H](C)C(=O)O)OC[C@H]2O[C@@H](n3ccc(=O)[nH]c3=O)[C@](C)(F)[C@@H]2O)ccc1-c1ncccc1Cl. The zero-order valence-electron chi connectivity index (χ0n) is 22.0. The molecule has 220 valence electrons. The van der Waals surface area contributed by atoms with E-state index in [2.05, 4.69) is 10.1 Å². The number of alkyl halides is 1. The van der Waals surface area contributed by atoms with Crippen molar-refractivity contribution in [3.05, 3.63) is 80.2 Å². The van der Waals surface area contributed by atoms with Gasteiger partial charge in [0, 0.05) is 24.0 Å². The minimum atomic E-state index is -4.50. The van der Waals surface area contributed by atoms with Crippen molar-refractivity contribution in [3.8, 4) is 17.0 Å². The fourth-order valence-electron chi connectivity index (χ4n) is 4.20. The van der Waals surface area contributed by atoms with E-state index >= 15 is 4.39 Å². The van der Waals surface area contributed by atoms with Gasteiger partial charge in [-0.3, -0.25) is 28.6 Å². The minimum absolute atomic E-state index is 0.0348. The molecule has 0 aliphatic carbocycles. The molecular formula is C25H27ClFN4O9P. The predicted octanol–water partition coefficient (Wildman–Crippen LogP) is 2.81. The van der Waals surface area contributed by atoms with Crippen LogP contribution in [0.4, 0.5) is 4.39 Å². The lowest BCUT2D eigenvalue weighted by Crippen LogP contribution is -2.43. The van der Waals surface area contributed by atoms with Crippen LogP contribution >= 0.6 is 19.3 Å². The number of benzene rings is 1. The van der Waals surface area contributed by atoms with E-state index in [1.807, 2.05) is 4.98 Å². The minimum Gasteiger partial charge on any atom is -0.480 e. The Morgan fingerprint density at radius 2 is 2.10 bits per heavy atom. The topological polar surface area (TPSA) is 182 Å². The summed E-state index contributed by atoms with van der Waals surface area (Å²) in [4.78, 5) is 41.3. The molecule has 1 aliphatic rings. The molecule has 16 heteroatoms. The Morgan fingerprint density at radius 3 is 2.73 bits per heavy atom. The highest BCUT2D eigenvalue weighted by molar-refractivity contribution is 7.52. The molecule has 1 fully saturated rings. The third kappa shape index (κ3) is 6.58. The van der Waals surface area contributed by atoms with E-state index in [1.165, 1.54) is 19.1 Å². The van der Waals surface area contributed by atoms with Crippen LogP contribution in [0.25, 0.3) is 11.3 Å². The lowest BCUT2D eigenvalue weighted by molar-refractivity contribution is -0.138. The number of aliphatic hydroxyl groups is 1. The van der Waals surface area contributed by atoms with Crippen molar-refractivity contribution < 1.29 is 37.7 Å². The van der Waals surface area contributed by atoms with Gasteiger partial charge in [-0.1, -0.05) is 11.6 Å². The summed E-state index contributed by atoms with van der Waals surface area (Å²) in [6, 6.07) is 7.52. The highest BCUT2D eigenvalue weighted by atomic mass is 35.5. The Kier molecular flexibility index (Phi) is 8.83. The first-order valence-electron chi connectivity index (χ1n) is 12.2. The number of halogens is 2. The molecule has 3 heterocycles. The lowest BCUT2D eigenvalue weighted by Gasteiger charge is -2.25. The van der Waals surface area contributed by atoms with Gasteiger partial charge in [-0.25, -0.2) is 13.8 Å². The van der Waals surface area contributed by atoms with Crippen molar-refractivity contribution in [2.75, 3.05) is 6.61 Å². The summed E-state index contributed by atoms with van der Waals surface area (Å²) in [6.45, 7) is 3.19. The Bertz CT molecular complexity index is 1610. The first kappa shape index (κ1) is 30.6. The number of aromatic amines is 1. The van der Waals surface area contributed by atoms with Crippen LogP contribution in [0.5, 0.6) is 5.75 Å². The maximum Gasteiger partial charge on any atom is 0.459 e. The molecule has 4 N–H and O–H groups in total. The van der Waals surface area contributed by atoms with E-state index in [9.17, 15) is 29.2 Å². The molecule has 0 saturated carbocycles. The van der Waals surface area contributed by atoms with Crippen LogP contribution < -0.4 is 20.9 Å². The fraction of sp³-hybridized carbons (Fsp3) is 0.360. The number of nitrogens with zero attached hydrogens (tertiary/aromatic N) is 2. The molecular weight excluding hydrogens is 586 g/mol. The second-order valence-corrected chi connectivity index (χ2v) is 11.6. The van der Waals surface area contributed by atoms with Crippen LogP contribution in [-0.4, -0.2) is 61.2 Å². The van der Waals surface area contributed by atoms with Gasteiger partial charge >= 0.3 is 19.4 Å². The average molecular weight is 613 g/mol. The third-order valence-corrected chi connectivity index (χ3v) is 8.34. The predicted molar refractivity (Wildman–Crippen MR) is 145 cm³/mol. The zero-order valence-corrected chi connectivity index (χ0v) is 23.6. The Labute approximate surface area is 237 Å². The number of carbonyl (C=O) groups is 1. The van der Waals surface area contributed by atoms with Crippen molar-refractivity contribution in [1.29, 1.82) is 0 Å². The maximum absolute atomic E-state index is 15.5. The summed E-state index contributed by atoms with van der Waals surface area (Å²) in [6.07, 6.45) is -2.43. The van der Waals surface area contributed by atoms with Crippen LogP contribution in [0.3, 0.4) is 0 Å². The first-order valence-corrected chi connectivity index (χ1v) is 14.1. The number of pyridine rings is 1. The van der Waals surface area contributed by atoms with Gasteiger partial charge in [-0.2, -0.15) is 5.09 Å². The second-order valence-electron chi connectivity index (χ2n) is 9.52. The Morgan fingerprint density at radius 1 is 1.37 bits per heavy atom. The molecule has 1 aliphatic heterocycles. The summed E-state index contributed by atoms with van der Waals surface area (Å²) in [5, 5.41) is 22.7. The van der Waals surface area contributed by atoms with E-state index in [4.69, 9.17) is 25.4 Å². The Balaban J connectivity index is 1.57. The van der Waals surface area contributed by atoms with Gasteiger partial charge in [0.1, 0.15) is 24.0 Å². The van der Waals surface area contributed by atoms with Crippen molar-refractivity contribution in [2.24, 2.45) is 0 Å². The number of hydrogen-bond donors (Lipinski definition) is 4.